The van der Waals surface area contributed by atoms with E-state index in [0.29, 0.717) is 6.42 Å². The first-order valence-corrected chi connectivity index (χ1v) is 8.05. The Balaban J connectivity index is 2.29. The SMILES string of the molecule is CCCCC(CC(N)=O)c1nc2cc(Br)ccc2s1. The molecule has 1 amide bonds. The summed E-state index contributed by atoms with van der Waals surface area (Å²) in [5.74, 6) is -0.0878. The summed E-state index contributed by atoms with van der Waals surface area (Å²) >= 11 is 5.12. The summed E-state index contributed by atoms with van der Waals surface area (Å²) in [5.41, 5.74) is 6.34. The molecule has 0 bridgehead atoms. The van der Waals surface area contributed by atoms with Crippen LogP contribution in [-0.4, -0.2) is 10.9 Å². The normalized spacial score (nSPS) is 12.7. The molecule has 0 saturated heterocycles. The molecule has 5 heteroatoms. The van der Waals surface area contributed by atoms with Crippen LogP contribution in [0.4, 0.5) is 0 Å². The van der Waals surface area contributed by atoms with Crippen molar-refractivity contribution < 1.29 is 4.79 Å². The maximum atomic E-state index is 11.2. The summed E-state index contributed by atoms with van der Waals surface area (Å²) in [6, 6.07) is 6.08. The van der Waals surface area contributed by atoms with Crippen molar-refractivity contribution in [3.63, 3.8) is 0 Å². The van der Waals surface area contributed by atoms with E-state index in [4.69, 9.17) is 5.73 Å². The van der Waals surface area contributed by atoms with Gasteiger partial charge in [-0.2, -0.15) is 0 Å². The molecule has 0 radical (unpaired) electrons. The standard InChI is InChI=1S/C14H17BrN2OS/c1-2-3-4-9(7-13(16)18)14-17-11-8-10(15)5-6-12(11)19-14/h5-6,8-9H,2-4,7H2,1H3,(H2,16,18). The predicted molar refractivity (Wildman–Crippen MR) is 83.4 cm³/mol. The van der Waals surface area contributed by atoms with E-state index in [1.807, 2.05) is 12.1 Å². The molecule has 19 heavy (non-hydrogen) atoms. The van der Waals surface area contributed by atoms with Gasteiger partial charge >= 0.3 is 0 Å². The molecule has 2 rings (SSSR count). The van der Waals surface area contributed by atoms with Crippen molar-refractivity contribution in [3.05, 3.63) is 27.7 Å². The molecule has 102 valence electrons. The fourth-order valence-corrected chi connectivity index (χ4v) is 3.53. The number of unbranched alkanes of at least 4 members (excludes halogenated alkanes) is 1. The Morgan fingerprint density at radius 2 is 2.32 bits per heavy atom. The highest BCUT2D eigenvalue weighted by atomic mass is 79.9. The Bertz CT molecular complexity index is 582. The van der Waals surface area contributed by atoms with E-state index in [2.05, 4.69) is 33.9 Å². The third-order valence-electron chi connectivity index (χ3n) is 3.07. The third kappa shape index (κ3) is 3.76. The molecule has 0 aliphatic heterocycles. The maximum Gasteiger partial charge on any atom is 0.218 e. The largest absolute Gasteiger partial charge is 0.370 e. The van der Waals surface area contributed by atoms with Crippen molar-refractivity contribution in [3.8, 4) is 0 Å². The fourth-order valence-electron chi connectivity index (χ4n) is 2.10. The number of benzene rings is 1. The highest BCUT2D eigenvalue weighted by Crippen LogP contribution is 2.33. The van der Waals surface area contributed by atoms with E-state index in [-0.39, 0.29) is 11.8 Å². The number of carbonyl (C=O) groups excluding carboxylic acids is 1. The second-order valence-corrected chi connectivity index (χ2v) is 6.65. The number of carbonyl (C=O) groups is 1. The van der Waals surface area contributed by atoms with Gasteiger partial charge in [0.1, 0.15) is 0 Å². The van der Waals surface area contributed by atoms with E-state index in [1.165, 1.54) is 0 Å². The van der Waals surface area contributed by atoms with Gasteiger partial charge in [-0.1, -0.05) is 35.7 Å². The molecule has 0 spiro atoms. The molecule has 1 aromatic heterocycles. The first-order chi connectivity index (χ1) is 9.10. The van der Waals surface area contributed by atoms with Crippen LogP contribution in [0.15, 0.2) is 22.7 Å². The van der Waals surface area contributed by atoms with Gasteiger partial charge in [-0.05, 0) is 24.6 Å². The van der Waals surface area contributed by atoms with E-state index in [9.17, 15) is 4.79 Å². The van der Waals surface area contributed by atoms with E-state index >= 15 is 0 Å². The molecule has 3 nitrogen and oxygen atoms in total. The van der Waals surface area contributed by atoms with E-state index in [0.717, 1.165) is 39.0 Å². The molecule has 2 aromatic rings. The third-order valence-corrected chi connectivity index (χ3v) is 4.76. The summed E-state index contributed by atoms with van der Waals surface area (Å²) < 4.78 is 2.18. The van der Waals surface area contributed by atoms with Crippen LogP contribution >= 0.6 is 27.3 Å². The highest BCUT2D eigenvalue weighted by Gasteiger charge is 2.18. The maximum absolute atomic E-state index is 11.2. The first-order valence-electron chi connectivity index (χ1n) is 6.44. The van der Waals surface area contributed by atoms with Crippen LogP contribution in [0.3, 0.4) is 0 Å². The van der Waals surface area contributed by atoms with Gasteiger partial charge in [-0.3, -0.25) is 4.79 Å². The molecule has 2 N–H and O–H groups in total. The molecule has 1 unspecified atom stereocenters. The van der Waals surface area contributed by atoms with Crippen LogP contribution in [0.1, 0.15) is 43.5 Å². The summed E-state index contributed by atoms with van der Waals surface area (Å²) in [6.07, 6.45) is 3.57. The van der Waals surface area contributed by atoms with Crippen molar-refractivity contribution in [1.82, 2.24) is 4.98 Å². The van der Waals surface area contributed by atoms with Crippen LogP contribution in [0.25, 0.3) is 10.2 Å². The van der Waals surface area contributed by atoms with Gasteiger partial charge in [0.15, 0.2) is 0 Å². The van der Waals surface area contributed by atoms with Gasteiger partial charge < -0.3 is 5.73 Å². The second-order valence-electron chi connectivity index (χ2n) is 4.67. The molecule has 0 saturated carbocycles. The minimum atomic E-state index is -0.249. The molecule has 0 aliphatic rings. The Labute approximate surface area is 125 Å². The fraction of sp³-hybridized carbons (Fsp3) is 0.429. The van der Waals surface area contributed by atoms with Crippen LogP contribution < -0.4 is 5.73 Å². The van der Waals surface area contributed by atoms with Crippen LogP contribution in [0, 0.1) is 0 Å². The molecule has 1 aromatic carbocycles. The zero-order valence-electron chi connectivity index (χ0n) is 10.9. The van der Waals surface area contributed by atoms with Crippen molar-refractivity contribution in [2.24, 2.45) is 5.73 Å². The van der Waals surface area contributed by atoms with Crippen molar-refractivity contribution in [2.75, 3.05) is 0 Å². The zero-order valence-corrected chi connectivity index (χ0v) is 13.3. The number of hydrogen-bond acceptors (Lipinski definition) is 3. The minimum absolute atomic E-state index is 0.161. The summed E-state index contributed by atoms with van der Waals surface area (Å²) in [4.78, 5) is 15.9. The van der Waals surface area contributed by atoms with Gasteiger partial charge in [-0.15, -0.1) is 11.3 Å². The summed E-state index contributed by atoms with van der Waals surface area (Å²) in [5, 5.41) is 1.03. The number of primary amides is 1. The number of nitrogens with two attached hydrogens (primary N) is 1. The highest BCUT2D eigenvalue weighted by molar-refractivity contribution is 9.10. The summed E-state index contributed by atoms with van der Waals surface area (Å²) in [7, 11) is 0. The molecular weight excluding hydrogens is 324 g/mol. The molecule has 0 aliphatic carbocycles. The number of amides is 1. The van der Waals surface area contributed by atoms with Gasteiger partial charge in [0.25, 0.3) is 0 Å². The molecule has 1 atom stereocenters. The average molecular weight is 341 g/mol. The van der Waals surface area contributed by atoms with E-state index < -0.39 is 0 Å². The van der Waals surface area contributed by atoms with Gasteiger partial charge in [0.2, 0.25) is 5.91 Å². The van der Waals surface area contributed by atoms with Crippen LogP contribution in [0.5, 0.6) is 0 Å². The lowest BCUT2D eigenvalue weighted by molar-refractivity contribution is -0.118. The molecular formula is C14H17BrN2OS. The second kappa shape index (κ2) is 6.48. The average Bonchev–Trinajstić information content (AvgIpc) is 2.76. The van der Waals surface area contributed by atoms with Crippen molar-refractivity contribution in [2.45, 2.75) is 38.5 Å². The first kappa shape index (κ1) is 14.5. The topological polar surface area (TPSA) is 56.0 Å². The van der Waals surface area contributed by atoms with Gasteiger partial charge in [-0.25, -0.2) is 4.98 Å². The van der Waals surface area contributed by atoms with Gasteiger partial charge in [0, 0.05) is 16.8 Å². The zero-order chi connectivity index (χ0) is 13.8. The number of thiazole rings is 1. The number of fused-ring (bicyclic) bond motifs is 1. The Morgan fingerprint density at radius 1 is 1.53 bits per heavy atom. The van der Waals surface area contributed by atoms with Crippen LogP contribution in [0.2, 0.25) is 0 Å². The summed E-state index contributed by atoms with van der Waals surface area (Å²) in [6.45, 7) is 2.15. The minimum Gasteiger partial charge on any atom is -0.370 e. The van der Waals surface area contributed by atoms with E-state index in [1.54, 1.807) is 11.3 Å². The number of aromatic nitrogens is 1. The quantitative estimate of drug-likeness (QED) is 0.856. The lowest BCUT2D eigenvalue weighted by atomic mass is 9.99. The monoisotopic (exact) mass is 340 g/mol. The van der Waals surface area contributed by atoms with Gasteiger partial charge in [0.05, 0.1) is 15.2 Å². The Hall–Kier alpha value is -0.940. The number of hydrogen-bond donors (Lipinski definition) is 1. The number of rotatable bonds is 6. The smallest absolute Gasteiger partial charge is 0.218 e. The van der Waals surface area contributed by atoms with Crippen molar-refractivity contribution >= 4 is 43.4 Å². The molecule has 1 heterocycles. The molecule has 0 fully saturated rings. The lowest BCUT2D eigenvalue weighted by Gasteiger charge is -2.11. The number of halogens is 1. The van der Waals surface area contributed by atoms with Crippen molar-refractivity contribution in [1.29, 1.82) is 0 Å². The Kier molecular flexibility index (Phi) is 4.93. The van der Waals surface area contributed by atoms with Crippen LogP contribution in [-0.2, 0) is 4.79 Å². The lowest BCUT2D eigenvalue weighted by Crippen LogP contribution is -2.15. The predicted octanol–water partition coefficient (Wildman–Crippen LogP) is 4.21. The Morgan fingerprint density at radius 3 is 3.00 bits per heavy atom. The number of nitrogens with zero attached hydrogens (tertiary/aromatic N) is 1.